The molecule has 1 unspecified atom stereocenters. The van der Waals surface area contributed by atoms with E-state index in [9.17, 15) is 4.79 Å². The van der Waals surface area contributed by atoms with Gasteiger partial charge in [-0.05, 0) is 43.7 Å². The maximum absolute atomic E-state index is 13.0. The molecule has 166 valence electrons. The van der Waals surface area contributed by atoms with Crippen LogP contribution in [0.25, 0.3) is 0 Å². The van der Waals surface area contributed by atoms with Crippen molar-refractivity contribution < 1.29 is 33.2 Å². The van der Waals surface area contributed by atoms with Crippen LogP contribution in [0.2, 0.25) is 0 Å². The van der Waals surface area contributed by atoms with Crippen LogP contribution in [0.4, 0.5) is 0 Å². The normalized spacial score (nSPS) is 10.8. The van der Waals surface area contributed by atoms with Crippen LogP contribution in [0.5, 0.6) is 34.5 Å². The highest BCUT2D eigenvalue weighted by Gasteiger charge is 2.24. The van der Waals surface area contributed by atoms with Gasteiger partial charge in [0.05, 0.1) is 35.5 Å². The minimum Gasteiger partial charge on any atom is -0.493 e. The summed E-state index contributed by atoms with van der Waals surface area (Å²) in [4.78, 5) is 13.0. The third kappa shape index (κ3) is 5.49. The lowest BCUT2D eigenvalue weighted by Crippen LogP contribution is -2.24. The van der Waals surface area contributed by atoms with Gasteiger partial charge in [-0.15, -0.1) is 0 Å². The molecule has 0 amide bonds. The Balaban J connectivity index is 0.00000218. The number of hydrogen-bond acceptors (Lipinski definition) is 7. The van der Waals surface area contributed by atoms with Crippen LogP contribution in [0.3, 0.4) is 0 Å². The second-order valence-electron chi connectivity index (χ2n) is 6.04. The van der Waals surface area contributed by atoms with Crippen LogP contribution in [0.1, 0.15) is 36.7 Å². The fourth-order valence-corrected chi connectivity index (χ4v) is 2.82. The van der Waals surface area contributed by atoms with Crippen molar-refractivity contribution >= 4 is 5.78 Å². The first-order valence-corrected chi connectivity index (χ1v) is 9.63. The topological polar surface area (TPSA) is 72.5 Å². The molecule has 0 bridgehead atoms. The number of Topliss-reactive ketones (excluding diaryl/α,β-unsaturated/α-hetero) is 1. The van der Waals surface area contributed by atoms with Crippen molar-refractivity contribution in [2.75, 3.05) is 35.5 Å². The van der Waals surface area contributed by atoms with E-state index in [4.69, 9.17) is 28.4 Å². The second kappa shape index (κ2) is 11.8. The van der Waals surface area contributed by atoms with Crippen molar-refractivity contribution in [3.05, 3.63) is 35.4 Å². The standard InChI is InChI=1S/C21H26O7.C2H6/c1-12-8-15(23-3)21(16(9-12)24-4)28-13(2)19(22)14-10-17(25-5)20(27-7)18(11-14)26-6;1-2/h8-11,13H,1-7H3;1-2H3. The van der Waals surface area contributed by atoms with Crippen LogP contribution in [-0.2, 0) is 0 Å². The van der Waals surface area contributed by atoms with E-state index < -0.39 is 6.10 Å². The molecule has 2 aromatic rings. The van der Waals surface area contributed by atoms with E-state index in [2.05, 4.69) is 0 Å². The van der Waals surface area contributed by atoms with Gasteiger partial charge in [-0.3, -0.25) is 4.79 Å². The van der Waals surface area contributed by atoms with Crippen LogP contribution >= 0.6 is 0 Å². The first-order chi connectivity index (χ1) is 14.4. The van der Waals surface area contributed by atoms with Crippen molar-refractivity contribution in [3.8, 4) is 34.5 Å². The molecule has 0 saturated heterocycles. The quantitative estimate of drug-likeness (QED) is 0.544. The molecule has 0 radical (unpaired) electrons. The minimum atomic E-state index is -0.812. The third-order valence-electron chi connectivity index (χ3n) is 4.22. The number of methoxy groups -OCH3 is 5. The number of carbonyl (C=O) groups is 1. The van der Waals surface area contributed by atoms with Gasteiger partial charge < -0.3 is 28.4 Å². The molecule has 0 aliphatic rings. The summed E-state index contributed by atoms with van der Waals surface area (Å²) in [6, 6.07) is 6.81. The zero-order valence-corrected chi connectivity index (χ0v) is 19.2. The number of benzene rings is 2. The summed E-state index contributed by atoms with van der Waals surface area (Å²) in [5.41, 5.74) is 1.32. The third-order valence-corrected chi connectivity index (χ3v) is 4.22. The molecule has 2 aromatic carbocycles. The van der Waals surface area contributed by atoms with E-state index >= 15 is 0 Å². The van der Waals surface area contributed by atoms with Crippen molar-refractivity contribution in [2.24, 2.45) is 0 Å². The number of rotatable bonds is 9. The van der Waals surface area contributed by atoms with Crippen LogP contribution in [0.15, 0.2) is 24.3 Å². The summed E-state index contributed by atoms with van der Waals surface area (Å²) in [7, 11) is 7.56. The van der Waals surface area contributed by atoms with Gasteiger partial charge in [-0.1, -0.05) is 13.8 Å². The highest BCUT2D eigenvalue weighted by molar-refractivity contribution is 6.00. The number of ether oxygens (including phenoxy) is 6. The van der Waals surface area contributed by atoms with E-state index in [1.807, 2.05) is 32.9 Å². The molecule has 0 spiro atoms. The minimum absolute atomic E-state index is 0.260. The monoisotopic (exact) mass is 420 g/mol. The van der Waals surface area contributed by atoms with E-state index in [1.54, 1.807) is 19.1 Å². The van der Waals surface area contributed by atoms with Crippen LogP contribution in [-0.4, -0.2) is 47.4 Å². The average molecular weight is 421 g/mol. The van der Waals surface area contributed by atoms with Gasteiger partial charge >= 0.3 is 0 Å². The van der Waals surface area contributed by atoms with Gasteiger partial charge in [0.25, 0.3) is 0 Å². The Kier molecular flexibility index (Phi) is 9.81. The number of carbonyl (C=O) groups excluding carboxylic acids is 1. The first-order valence-electron chi connectivity index (χ1n) is 9.63. The molecular formula is C23H32O7. The van der Waals surface area contributed by atoms with E-state index in [-0.39, 0.29) is 5.78 Å². The first kappa shape index (κ1) is 24.9. The van der Waals surface area contributed by atoms with E-state index in [0.717, 1.165) is 5.56 Å². The Morgan fingerprint density at radius 1 is 0.700 bits per heavy atom. The lowest BCUT2D eigenvalue weighted by atomic mass is 10.1. The smallest absolute Gasteiger partial charge is 0.204 e. The molecule has 1 atom stereocenters. The summed E-state index contributed by atoms with van der Waals surface area (Å²) in [5, 5.41) is 0. The molecule has 0 heterocycles. The van der Waals surface area contributed by atoms with Crippen LogP contribution in [0, 0.1) is 6.92 Å². The van der Waals surface area contributed by atoms with Crippen molar-refractivity contribution in [1.82, 2.24) is 0 Å². The zero-order valence-electron chi connectivity index (χ0n) is 19.2. The second-order valence-corrected chi connectivity index (χ2v) is 6.04. The average Bonchev–Trinajstić information content (AvgIpc) is 2.79. The summed E-state index contributed by atoms with van der Waals surface area (Å²) < 4.78 is 32.6. The molecule has 0 aliphatic carbocycles. The van der Waals surface area contributed by atoms with Crippen molar-refractivity contribution in [3.63, 3.8) is 0 Å². The number of aryl methyl sites for hydroxylation is 1. The molecule has 7 nitrogen and oxygen atoms in total. The summed E-state index contributed by atoms with van der Waals surface area (Å²) >= 11 is 0. The van der Waals surface area contributed by atoms with Gasteiger partial charge in [-0.25, -0.2) is 0 Å². The van der Waals surface area contributed by atoms with Crippen molar-refractivity contribution in [1.29, 1.82) is 0 Å². The summed E-state index contributed by atoms with van der Waals surface area (Å²) in [6.07, 6.45) is -0.812. The highest BCUT2D eigenvalue weighted by Crippen LogP contribution is 2.41. The lowest BCUT2D eigenvalue weighted by molar-refractivity contribution is 0.0808. The summed E-state index contributed by atoms with van der Waals surface area (Å²) in [5.74, 6) is 2.28. The van der Waals surface area contributed by atoms with Gasteiger partial charge in [0, 0.05) is 5.56 Å². The lowest BCUT2D eigenvalue weighted by Gasteiger charge is -2.20. The predicted molar refractivity (Wildman–Crippen MR) is 116 cm³/mol. The molecule has 0 aromatic heterocycles. The SMILES string of the molecule is CC.COc1cc(C(=O)C(C)Oc2c(OC)cc(C)cc2OC)cc(OC)c1OC. The largest absolute Gasteiger partial charge is 0.493 e. The molecule has 0 aliphatic heterocycles. The number of ketones is 1. The molecule has 30 heavy (non-hydrogen) atoms. The predicted octanol–water partition coefficient (Wildman–Crippen LogP) is 4.71. The number of hydrogen-bond donors (Lipinski definition) is 0. The molecule has 0 fully saturated rings. The Labute approximate surface area is 178 Å². The van der Waals surface area contributed by atoms with Gasteiger partial charge in [0.1, 0.15) is 0 Å². The Bertz CT molecular complexity index is 795. The van der Waals surface area contributed by atoms with Gasteiger partial charge in [0.2, 0.25) is 17.3 Å². The molecular weight excluding hydrogens is 388 g/mol. The summed E-state index contributed by atoms with van der Waals surface area (Å²) in [6.45, 7) is 7.57. The van der Waals surface area contributed by atoms with Gasteiger partial charge in [0.15, 0.2) is 29.1 Å². The fraction of sp³-hybridized carbons (Fsp3) is 0.435. The Morgan fingerprint density at radius 2 is 1.10 bits per heavy atom. The molecule has 0 N–H and O–H groups in total. The Hall–Kier alpha value is -3.09. The maximum atomic E-state index is 13.0. The molecule has 2 rings (SSSR count). The highest BCUT2D eigenvalue weighted by atomic mass is 16.5. The van der Waals surface area contributed by atoms with Crippen molar-refractivity contribution in [2.45, 2.75) is 33.8 Å². The maximum Gasteiger partial charge on any atom is 0.204 e. The molecule has 7 heteroatoms. The molecule has 0 saturated carbocycles. The fourth-order valence-electron chi connectivity index (χ4n) is 2.82. The van der Waals surface area contributed by atoms with Gasteiger partial charge in [-0.2, -0.15) is 0 Å². The van der Waals surface area contributed by atoms with E-state index in [1.165, 1.54) is 35.5 Å². The van der Waals surface area contributed by atoms with E-state index in [0.29, 0.717) is 40.1 Å². The zero-order chi connectivity index (χ0) is 22.8. The van der Waals surface area contributed by atoms with Crippen LogP contribution < -0.4 is 28.4 Å². The Morgan fingerprint density at radius 3 is 1.47 bits per heavy atom.